The van der Waals surface area contributed by atoms with Crippen molar-refractivity contribution < 1.29 is 14.6 Å². The van der Waals surface area contributed by atoms with Gasteiger partial charge in [0.2, 0.25) is 0 Å². The Kier molecular flexibility index (Phi) is 3.97. The number of hydrogen-bond donors (Lipinski definition) is 1. The zero-order valence-electron chi connectivity index (χ0n) is 10.2. The number of aromatic nitrogens is 1. The molecule has 0 aliphatic carbocycles. The molecule has 2 aromatic rings. The van der Waals surface area contributed by atoms with E-state index in [0.717, 1.165) is 0 Å². The number of carbonyl (C=O) groups is 1. The minimum Gasteiger partial charge on any atom is -0.492 e. The predicted octanol–water partition coefficient (Wildman–Crippen LogP) is 1.63. The Morgan fingerprint density at radius 3 is 2.58 bits per heavy atom. The van der Waals surface area contributed by atoms with Gasteiger partial charge in [0, 0.05) is 12.3 Å². The fourth-order valence-electron chi connectivity index (χ4n) is 1.61. The molecule has 0 radical (unpaired) electrons. The maximum absolute atomic E-state index is 11.6. The van der Waals surface area contributed by atoms with Crippen LogP contribution >= 0.6 is 0 Å². The second-order valence-electron chi connectivity index (χ2n) is 3.92. The fraction of sp³-hybridized carbons (Fsp3) is 0.143. The molecule has 0 aliphatic rings. The van der Waals surface area contributed by atoms with Crippen molar-refractivity contribution in [3.63, 3.8) is 0 Å². The smallest absolute Gasteiger partial charge is 0.337 e. The number of benzene rings is 1. The van der Waals surface area contributed by atoms with Crippen molar-refractivity contribution in [3.05, 3.63) is 64.6 Å². The van der Waals surface area contributed by atoms with Gasteiger partial charge in [-0.05, 0) is 18.2 Å². The third-order valence-electron chi connectivity index (χ3n) is 2.57. The topological polar surface area (TPSA) is 68.5 Å². The maximum atomic E-state index is 11.6. The van der Waals surface area contributed by atoms with E-state index in [9.17, 15) is 9.59 Å². The van der Waals surface area contributed by atoms with E-state index in [2.05, 4.69) is 0 Å². The van der Waals surface area contributed by atoms with E-state index in [-0.39, 0.29) is 11.1 Å². The summed E-state index contributed by atoms with van der Waals surface area (Å²) in [6.45, 7) is 0.599. The zero-order chi connectivity index (χ0) is 13.7. The molecule has 1 aromatic carbocycles. The Labute approximate surface area is 109 Å². The highest BCUT2D eigenvalue weighted by Crippen LogP contribution is 2.07. The van der Waals surface area contributed by atoms with Gasteiger partial charge in [0.05, 0.1) is 12.1 Å². The molecule has 5 nitrogen and oxygen atoms in total. The van der Waals surface area contributed by atoms with Gasteiger partial charge in [-0.1, -0.05) is 18.2 Å². The number of ether oxygens (including phenoxy) is 1. The van der Waals surface area contributed by atoms with Gasteiger partial charge in [-0.3, -0.25) is 4.79 Å². The SMILES string of the molecule is O=C(O)c1ccc(=O)n(CCOc2ccccc2)c1. The van der Waals surface area contributed by atoms with Crippen molar-refractivity contribution in [3.8, 4) is 5.75 Å². The van der Waals surface area contributed by atoms with E-state index in [0.29, 0.717) is 18.9 Å². The van der Waals surface area contributed by atoms with Crippen LogP contribution in [0.4, 0.5) is 0 Å². The van der Waals surface area contributed by atoms with Crippen molar-refractivity contribution >= 4 is 5.97 Å². The molecule has 1 N–H and O–H groups in total. The fourth-order valence-corrected chi connectivity index (χ4v) is 1.61. The van der Waals surface area contributed by atoms with Crippen molar-refractivity contribution in [1.82, 2.24) is 4.57 Å². The summed E-state index contributed by atoms with van der Waals surface area (Å²) in [5.74, 6) is -0.345. The Hall–Kier alpha value is -2.56. The molecule has 0 saturated heterocycles. The highest BCUT2D eigenvalue weighted by Gasteiger charge is 2.05. The third-order valence-corrected chi connectivity index (χ3v) is 2.57. The molecule has 0 spiro atoms. The molecule has 0 unspecified atom stereocenters. The van der Waals surface area contributed by atoms with Crippen LogP contribution in [0.5, 0.6) is 5.75 Å². The van der Waals surface area contributed by atoms with E-state index >= 15 is 0 Å². The maximum Gasteiger partial charge on any atom is 0.337 e. The predicted molar refractivity (Wildman–Crippen MR) is 69.6 cm³/mol. The molecule has 0 saturated carbocycles. The lowest BCUT2D eigenvalue weighted by molar-refractivity contribution is 0.0695. The molecule has 19 heavy (non-hydrogen) atoms. The van der Waals surface area contributed by atoms with Crippen LogP contribution in [0.15, 0.2) is 53.5 Å². The lowest BCUT2D eigenvalue weighted by Gasteiger charge is -2.08. The first-order valence-electron chi connectivity index (χ1n) is 5.78. The minimum atomic E-state index is -1.06. The van der Waals surface area contributed by atoms with Gasteiger partial charge in [0.1, 0.15) is 12.4 Å². The van der Waals surface area contributed by atoms with Gasteiger partial charge in [-0.2, -0.15) is 0 Å². The average Bonchev–Trinajstić information content (AvgIpc) is 2.42. The molecule has 0 fully saturated rings. The standard InChI is InChI=1S/C14H13NO4/c16-13-7-6-11(14(17)18)10-15(13)8-9-19-12-4-2-1-3-5-12/h1-7,10H,8-9H2,(H,17,18). The van der Waals surface area contributed by atoms with Gasteiger partial charge in [0.15, 0.2) is 0 Å². The first-order valence-corrected chi connectivity index (χ1v) is 5.78. The van der Waals surface area contributed by atoms with Crippen molar-refractivity contribution in [2.75, 3.05) is 6.61 Å². The molecule has 1 aromatic heterocycles. The number of hydrogen-bond acceptors (Lipinski definition) is 3. The molecule has 5 heteroatoms. The summed E-state index contributed by atoms with van der Waals surface area (Å²) >= 11 is 0. The first-order chi connectivity index (χ1) is 9.16. The Morgan fingerprint density at radius 1 is 1.16 bits per heavy atom. The number of carboxylic acid groups (broad SMARTS) is 1. The van der Waals surface area contributed by atoms with Crippen LogP contribution in [0.3, 0.4) is 0 Å². The average molecular weight is 259 g/mol. The lowest BCUT2D eigenvalue weighted by atomic mass is 10.3. The van der Waals surface area contributed by atoms with Crippen LogP contribution < -0.4 is 10.3 Å². The lowest BCUT2D eigenvalue weighted by Crippen LogP contribution is -2.23. The van der Waals surface area contributed by atoms with E-state index in [1.54, 1.807) is 0 Å². The largest absolute Gasteiger partial charge is 0.492 e. The summed E-state index contributed by atoms with van der Waals surface area (Å²) in [7, 11) is 0. The molecule has 2 rings (SSSR count). The number of rotatable bonds is 5. The van der Waals surface area contributed by atoms with Crippen molar-refractivity contribution in [2.45, 2.75) is 6.54 Å². The molecule has 0 atom stereocenters. The van der Waals surface area contributed by atoms with Gasteiger partial charge in [0.25, 0.3) is 5.56 Å². The van der Waals surface area contributed by atoms with Gasteiger partial charge < -0.3 is 14.4 Å². The highest BCUT2D eigenvalue weighted by molar-refractivity contribution is 5.87. The molecule has 98 valence electrons. The van der Waals surface area contributed by atoms with E-state index in [1.165, 1.54) is 22.9 Å². The first kappa shape index (κ1) is 12.9. The van der Waals surface area contributed by atoms with Crippen LogP contribution in [0.25, 0.3) is 0 Å². The molecule has 1 heterocycles. The quantitative estimate of drug-likeness (QED) is 0.886. The number of pyridine rings is 1. The molecule has 0 amide bonds. The second-order valence-corrected chi connectivity index (χ2v) is 3.92. The minimum absolute atomic E-state index is 0.0827. The van der Waals surface area contributed by atoms with Gasteiger partial charge >= 0.3 is 5.97 Å². The summed E-state index contributed by atoms with van der Waals surface area (Å²) in [6, 6.07) is 11.8. The van der Waals surface area contributed by atoms with Crippen LogP contribution in [-0.4, -0.2) is 22.2 Å². The third kappa shape index (κ3) is 3.45. The van der Waals surface area contributed by atoms with E-state index in [4.69, 9.17) is 9.84 Å². The van der Waals surface area contributed by atoms with Crippen molar-refractivity contribution in [1.29, 1.82) is 0 Å². The second kappa shape index (κ2) is 5.86. The van der Waals surface area contributed by atoms with Crippen LogP contribution in [-0.2, 0) is 6.54 Å². The summed E-state index contributed by atoms with van der Waals surface area (Å²) in [5, 5.41) is 8.86. The van der Waals surface area contributed by atoms with Crippen LogP contribution in [0, 0.1) is 0 Å². The van der Waals surface area contributed by atoms with Crippen molar-refractivity contribution in [2.24, 2.45) is 0 Å². The number of para-hydroxylation sites is 1. The Balaban J connectivity index is 2.01. The Morgan fingerprint density at radius 2 is 1.89 bits per heavy atom. The van der Waals surface area contributed by atoms with E-state index < -0.39 is 5.97 Å². The summed E-state index contributed by atoms with van der Waals surface area (Å²) in [5.41, 5.74) is -0.166. The summed E-state index contributed by atoms with van der Waals surface area (Å²) in [4.78, 5) is 22.4. The van der Waals surface area contributed by atoms with E-state index in [1.807, 2.05) is 30.3 Å². The highest BCUT2D eigenvalue weighted by atomic mass is 16.5. The number of nitrogens with zero attached hydrogens (tertiary/aromatic N) is 1. The monoisotopic (exact) mass is 259 g/mol. The van der Waals surface area contributed by atoms with Crippen LogP contribution in [0.1, 0.15) is 10.4 Å². The van der Waals surface area contributed by atoms with Gasteiger partial charge in [-0.15, -0.1) is 0 Å². The van der Waals surface area contributed by atoms with Crippen LogP contribution in [0.2, 0.25) is 0 Å². The zero-order valence-corrected chi connectivity index (χ0v) is 10.2. The molecular weight excluding hydrogens is 246 g/mol. The number of aromatic carboxylic acids is 1. The summed E-state index contributed by atoms with van der Waals surface area (Å²) < 4.78 is 6.78. The Bertz CT molecular complexity index is 619. The molecule has 0 aliphatic heterocycles. The number of carboxylic acids is 1. The molecule has 0 bridgehead atoms. The van der Waals surface area contributed by atoms with Gasteiger partial charge in [-0.25, -0.2) is 4.79 Å². The summed E-state index contributed by atoms with van der Waals surface area (Å²) in [6.07, 6.45) is 1.32. The molecular formula is C14H13NO4. The normalized spacial score (nSPS) is 10.1.